The molecule has 0 aliphatic rings. The summed E-state index contributed by atoms with van der Waals surface area (Å²) < 4.78 is 0. The summed E-state index contributed by atoms with van der Waals surface area (Å²) in [5.41, 5.74) is 1.05. The lowest BCUT2D eigenvalue weighted by Gasteiger charge is -2.23. The molecule has 2 aromatic rings. The zero-order valence-electron chi connectivity index (χ0n) is 15.1. The highest BCUT2D eigenvalue weighted by Gasteiger charge is 2.25. The third-order valence-corrected chi connectivity index (χ3v) is 4.18. The molecule has 0 aromatic heterocycles. The summed E-state index contributed by atoms with van der Waals surface area (Å²) >= 11 is 0. The molecule has 0 bridgehead atoms. The van der Waals surface area contributed by atoms with E-state index in [9.17, 15) is 20.4 Å². The Morgan fingerprint density at radius 1 is 0.500 bits per heavy atom. The van der Waals surface area contributed by atoms with Crippen LogP contribution in [-0.4, -0.2) is 20.4 Å². The lowest BCUT2D eigenvalue weighted by atomic mass is 9.83. The molecule has 24 heavy (non-hydrogen) atoms. The fourth-order valence-electron chi connectivity index (χ4n) is 2.60. The molecule has 130 valence electrons. The van der Waals surface area contributed by atoms with Crippen molar-refractivity contribution in [2.45, 2.75) is 52.4 Å². The quantitative estimate of drug-likeness (QED) is 0.607. The van der Waals surface area contributed by atoms with Crippen molar-refractivity contribution in [1.29, 1.82) is 0 Å². The Morgan fingerprint density at radius 2 is 0.708 bits per heavy atom. The molecule has 2 rings (SSSR count). The molecule has 0 unspecified atom stereocenters. The third-order valence-electron chi connectivity index (χ3n) is 4.18. The van der Waals surface area contributed by atoms with Crippen molar-refractivity contribution in [2.75, 3.05) is 0 Å². The van der Waals surface area contributed by atoms with Crippen LogP contribution in [0.2, 0.25) is 0 Å². The van der Waals surface area contributed by atoms with E-state index in [1.165, 1.54) is 0 Å². The van der Waals surface area contributed by atoms with E-state index in [1.807, 2.05) is 41.5 Å². The molecule has 0 saturated carbocycles. The van der Waals surface area contributed by atoms with Crippen molar-refractivity contribution in [2.24, 2.45) is 0 Å². The van der Waals surface area contributed by atoms with E-state index in [-0.39, 0.29) is 45.0 Å². The first-order chi connectivity index (χ1) is 10.8. The molecular weight excluding hydrogens is 304 g/mol. The highest BCUT2D eigenvalue weighted by Crippen LogP contribution is 2.49. The topological polar surface area (TPSA) is 80.9 Å². The lowest BCUT2D eigenvalue weighted by Crippen LogP contribution is -2.11. The third kappa shape index (κ3) is 3.28. The summed E-state index contributed by atoms with van der Waals surface area (Å²) in [7, 11) is 0. The summed E-state index contributed by atoms with van der Waals surface area (Å²) in [6, 6.07) is 6.19. The van der Waals surface area contributed by atoms with Gasteiger partial charge in [-0.05, 0) is 46.2 Å². The number of phenolic OH excluding ortho intramolecular Hbond substituents is 4. The maximum atomic E-state index is 10.4. The minimum absolute atomic E-state index is 0.0264. The van der Waals surface area contributed by atoms with E-state index >= 15 is 0 Å². The second kappa shape index (κ2) is 5.62. The van der Waals surface area contributed by atoms with Gasteiger partial charge in [-0.15, -0.1) is 0 Å². The molecular formula is C20H26O4. The summed E-state index contributed by atoms with van der Waals surface area (Å²) in [5.74, 6) is -0.744. The average molecular weight is 330 g/mol. The van der Waals surface area contributed by atoms with Gasteiger partial charge in [0.15, 0.2) is 0 Å². The van der Waals surface area contributed by atoms with E-state index in [0.29, 0.717) is 0 Å². The van der Waals surface area contributed by atoms with E-state index in [0.717, 1.165) is 11.1 Å². The number of phenols is 4. The molecule has 0 aliphatic carbocycles. The highest BCUT2D eigenvalue weighted by atomic mass is 16.3. The van der Waals surface area contributed by atoms with Crippen LogP contribution >= 0.6 is 0 Å². The molecule has 0 heterocycles. The Labute approximate surface area is 143 Å². The predicted molar refractivity (Wildman–Crippen MR) is 95.9 cm³/mol. The molecule has 2 aromatic carbocycles. The number of aromatic hydroxyl groups is 4. The van der Waals surface area contributed by atoms with Gasteiger partial charge in [0, 0.05) is 0 Å². The Hall–Kier alpha value is -2.36. The van der Waals surface area contributed by atoms with Crippen LogP contribution in [0.15, 0.2) is 24.3 Å². The van der Waals surface area contributed by atoms with Gasteiger partial charge in [0.1, 0.15) is 23.0 Å². The van der Waals surface area contributed by atoms with Crippen molar-refractivity contribution in [3.8, 4) is 34.1 Å². The smallest absolute Gasteiger partial charge is 0.127 e. The van der Waals surface area contributed by atoms with E-state index in [4.69, 9.17) is 0 Å². The fourth-order valence-corrected chi connectivity index (χ4v) is 2.60. The maximum Gasteiger partial charge on any atom is 0.127 e. The van der Waals surface area contributed by atoms with E-state index < -0.39 is 0 Å². The zero-order chi connectivity index (χ0) is 18.4. The molecule has 0 fully saturated rings. The fraction of sp³-hybridized carbons (Fsp3) is 0.400. The number of benzene rings is 2. The SMILES string of the molecule is CC(C)(C)c1cc(O)c(-c2c(O)cc(C(C)(C)C)cc2O)c(O)c1. The molecule has 0 spiro atoms. The Bertz CT molecular complexity index is 664. The second-order valence-electron chi connectivity index (χ2n) is 8.28. The number of hydrogen-bond donors (Lipinski definition) is 4. The van der Waals surface area contributed by atoms with Crippen LogP contribution in [0.5, 0.6) is 23.0 Å². The van der Waals surface area contributed by atoms with Crippen LogP contribution in [0.25, 0.3) is 11.1 Å². The van der Waals surface area contributed by atoms with Gasteiger partial charge < -0.3 is 20.4 Å². The molecule has 4 N–H and O–H groups in total. The highest BCUT2D eigenvalue weighted by molar-refractivity contribution is 5.85. The van der Waals surface area contributed by atoms with Gasteiger partial charge in [0.25, 0.3) is 0 Å². The Kier molecular flexibility index (Phi) is 4.21. The van der Waals surface area contributed by atoms with Crippen molar-refractivity contribution in [3.05, 3.63) is 35.4 Å². The van der Waals surface area contributed by atoms with Crippen LogP contribution in [0.4, 0.5) is 0 Å². The molecule has 0 radical (unpaired) electrons. The molecule has 4 heteroatoms. The Balaban J connectivity index is 2.70. The van der Waals surface area contributed by atoms with Crippen molar-refractivity contribution in [1.82, 2.24) is 0 Å². The van der Waals surface area contributed by atoms with Crippen molar-refractivity contribution in [3.63, 3.8) is 0 Å². The summed E-state index contributed by atoms with van der Waals surface area (Å²) in [4.78, 5) is 0. The van der Waals surface area contributed by atoms with Gasteiger partial charge in [0.05, 0.1) is 11.1 Å². The molecule has 0 amide bonds. The number of hydrogen-bond acceptors (Lipinski definition) is 4. The molecule has 4 nitrogen and oxygen atoms in total. The van der Waals surface area contributed by atoms with Crippen LogP contribution in [0, 0.1) is 0 Å². The largest absolute Gasteiger partial charge is 0.507 e. The van der Waals surface area contributed by atoms with Gasteiger partial charge >= 0.3 is 0 Å². The molecule has 0 atom stereocenters. The number of rotatable bonds is 1. The second-order valence-corrected chi connectivity index (χ2v) is 8.28. The molecule has 0 aliphatic heterocycles. The van der Waals surface area contributed by atoms with Crippen molar-refractivity contribution >= 4 is 0 Å². The maximum absolute atomic E-state index is 10.4. The first-order valence-electron chi connectivity index (χ1n) is 7.95. The van der Waals surface area contributed by atoms with Crippen LogP contribution < -0.4 is 0 Å². The van der Waals surface area contributed by atoms with Crippen LogP contribution in [-0.2, 0) is 10.8 Å². The van der Waals surface area contributed by atoms with Crippen LogP contribution in [0.3, 0.4) is 0 Å². The van der Waals surface area contributed by atoms with E-state index in [2.05, 4.69) is 0 Å². The van der Waals surface area contributed by atoms with Gasteiger partial charge in [-0.3, -0.25) is 0 Å². The Morgan fingerprint density at radius 3 is 0.875 bits per heavy atom. The molecule has 0 saturated heterocycles. The standard InChI is InChI=1S/C20H26O4/c1-19(2,3)11-7-13(21)17(14(22)8-11)18-15(23)9-12(10-16(18)24)20(4,5)6/h7-10,21-24H,1-6H3. The van der Waals surface area contributed by atoms with Gasteiger partial charge in [-0.2, -0.15) is 0 Å². The van der Waals surface area contributed by atoms with Gasteiger partial charge in [0.2, 0.25) is 0 Å². The zero-order valence-corrected chi connectivity index (χ0v) is 15.1. The minimum atomic E-state index is -0.256. The van der Waals surface area contributed by atoms with E-state index in [1.54, 1.807) is 24.3 Å². The summed E-state index contributed by atoms with van der Waals surface area (Å²) in [6.45, 7) is 11.8. The minimum Gasteiger partial charge on any atom is -0.507 e. The first kappa shape index (κ1) is 18.0. The monoisotopic (exact) mass is 330 g/mol. The lowest BCUT2D eigenvalue weighted by molar-refractivity contribution is 0.434. The van der Waals surface area contributed by atoms with Gasteiger partial charge in [-0.25, -0.2) is 0 Å². The predicted octanol–water partition coefficient (Wildman–Crippen LogP) is 4.77. The summed E-state index contributed by atoms with van der Waals surface area (Å²) in [6.07, 6.45) is 0. The average Bonchev–Trinajstić information content (AvgIpc) is 2.38. The van der Waals surface area contributed by atoms with Crippen LogP contribution in [0.1, 0.15) is 52.7 Å². The van der Waals surface area contributed by atoms with Crippen molar-refractivity contribution < 1.29 is 20.4 Å². The normalized spacial score (nSPS) is 12.4. The summed E-state index contributed by atoms with van der Waals surface area (Å²) in [5, 5.41) is 41.5. The first-order valence-corrected chi connectivity index (χ1v) is 7.95. The van der Waals surface area contributed by atoms with Gasteiger partial charge in [-0.1, -0.05) is 41.5 Å².